The average Bonchev–Trinajstić information content (AvgIpc) is 3.20. The molecule has 2 N–H and O–H groups in total. The molecule has 0 aliphatic rings. The Morgan fingerprint density at radius 1 is 1.00 bits per heavy atom. The summed E-state index contributed by atoms with van der Waals surface area (Å²) >= 11 is 25.3. The standard InChI is InChI=1S/C23H23Cl4N5O2S/c1-4-32-21(20(12(2)3)29-22(34)15-7-5-13(24)9-17(15)26)30-31-23(32)35-11-19(33)28-14-6-8-16(25)18(27)10-14/h5-10,12,20H,4,11H2,1-3H3,(H,28,33)(H,29,34). The first-order chi connectivity index (χ1) is 16.6. The molecule has 1 heterocycles. The SMILES string of the molecule is CCn1c(SCC(=O)Nc2ccc(Cl)c(Cl)c2)nnc1C(NC(=O)c1ccc(Cl)cc1Cl)C(C)C. The van der Waals surface area contributed by atoms with Crippen molar-refractivity contribution in [3.8, 4) is 0 Å². The molecule has 0 radical (unpaired) electrons. The molecule has 0 bridgehead atoms. The largest absolute Gasteiger partial charge is 0.342 e. The Morgan fingerprint density at radius 3 is 2.37 bits per heavy atom. The predicted octanol–water partition coefficient (Wildman–Crippen LogP) is 6.77. The van der Waals surface area contributed by atoms with Crippen molar-refractivity contribution < 1.29 is 9.59 Å². The zero-order valence-electron chi connectivity index (χ0n) is 19.1. The van der Waals surface area contributed by atoms with Crippen molar-refractivity contribution in [1.82, 2.24) is 20.1 Å². The monoisotopic (exact) mass is 573 g/mol. The number of thioether (sulfide) groups is 1. The van der Waals surface area contributed by atoms with Gasteiger partial charge in [-0.3, -0.25) is 9.59 Å². The van der Waals surface area contributed by atoms with Crippen LogP contribution in [0.3, 0.4) is 0 Å². The van der Waals surface area contributed by atoms with E-state index < -0.39 is 6.04 Å². The number of nitrogens with zero attached hydrogens (tertiary/aromatic N) is 3. The normalized spacial score (nSPS) is 12.0. The van der Waals surface area contributed by atoms with Gasteiger partial charge in [0.15, 0.2) is 11.0 Å². The van der Waals surface area contributed by atoms with Crippen LogP contribution in [0.1, 0.15) is 43.0 Å². The molecule has 0 spiro atoms. The highest BCUT2D eigenvalue weighted by Crippen LogP contribution is 2.28. The van der Waals surface area contributed by atoms with Gasteiger partial charge in [0, 0.05) is 17.3 Å². The topological polar surface area (TPSA) is 88.9 Å². The van der Waals surface area contributed by atoms with Gasteiger partial charge in [0.2, 0.25) is 5.91 Å². The Morgan fingerprint density at radius 2 is 1.74 bits per heavy atom. The Labute approximate surface area is 227 Å². The fraction of sp³-hybridized carbons (Fsp3) is 0.304. The molecular weight excluding hydrogens is 552 g/mol. The lowest BCUT2D eigenvalue weighted by atomic mass is 10.0. The second-order valence-corrected chi connectivity index (χ2v) is 10.5. The lowest BCUT2D eigenvalue weighted by molar-refractivity contribution is -0.113. The van der Waals surface area contributed by atoms with Crippen LogP contribution in [0.2, 0.25) is 20.1 Å². The minimum Gasteiger partial charge on any atom is -0.342 e. The third-order valence-electron chi connectivity index (χ3n) is 5.00. The van der Waals surface area contributed by atoms with Gasteiger partial charge in [-0.05, 0) is 49.2 Å². The molecule has 2 aromatic carbocycles. The molecule has 12 heteroatoms. The van der Waals surface area contributed by atoms with E-state index in [9.17, 15) is 9.59 Å². The molecule has 0 aliphatic carbocycles. The third kappa shape index (κ3) is 7.05. The van der Waals surface area contributed by atoms with Crippen molar-refractivity contribution in [3.05, 3.63) is 67.9 Å². The highest BCUT2D eigenvalue weighted by atomic mass is 35.5. The maximum atomic E-state index is 12.9. The summed E-state index contributed by atoms with van der Waals surface area (Å²) in [5, 5.41) is 16.4. The molecule has 186 valence electrons. The van der Waals surface area contributed by atoms with Crippen LogP contribution in [-0.2, 0) is 11.3 Å². The molecule has 3 aromatic rings. The Hall–Kier alpha value is -1.97. The number of rotatable bonds is 9. The Kier molecular flexibility index (Phi) is 9.72. The van der Waals surface area contributed by atoms with Gasteiger partial charge in [-0.1, -0.05) is 72.0 Å². The number of anilines is 1. The van der Waals surface area contributed by atoms with Gasteiger partial charge in [-0.25, -0.2) is 0 Å². The summed E-state index contributed by atoms with van der Waals surface area (Å²) in [4.78, 5) is 25.4. The van der Waals surface area contributed by atoms with E-state index in [1.807, 2.05) is 25.3 Å². The number of nitrogens with one attached hydrogen (secondary N) is 2. The van der Waals surface area contributed by atoms with Gasteiger partial charge in [-0.2, -0.15) is 0 Å². The quantitative estimate of drug-likeness (QED) is 0.275. The van der Waals surface area contributed by atoms with E-state index in [4.69, 9.17) is 46.4 Å². The van der Waals surface area contributed by atoms with Crippen molar-refractivity contribution in [2.24, 2.45) is 5.92 Å². The molecule has 1 aromatic heterocycles. The molecule has 3 rings (SSSR count). The van der Waals surface area contributed by atoms with Crippen LogP contribution in [-0.4, -0.2) is 32.3 Å². The van der Waals surface area contributed by atoms with Gasteiger partial charge < -0.3 is 15.2 Å². The molecule has 1 unspecified atom stereocenters. The summed E-state index contributed by atoms with van der Waals surface area (Å²) in [6.07, 6.45) is 0. The van der Waals surface area contributed by atoms with Crippen molar-refractivity contribution >= 4 is 75.7 Å². The molecule has 7 nitrogen and oxygen atoms in total. The molecular formula is C23H23Cl4N5O2S. The summed E-state index contributed by atoms with van der Waals surface area (Å²) < 4.78 is 1.88. The van der Waals surface area contributed by atoms with Crippen LogP contribution in [0.4, 0.5) is 5.69 Å². The van der Waals surface area contributed by atoms with Crippen LogP contribution in [0.5, 0.6) is 0 Å². The molecule has 0 fully saturated rings. The van der Waals surface area contributed by atoms with Crippen molar-refractivity contribution in [2.45, 2.75) is 38.5 Å². The highest BCUT2D eigenvalue weighted by Gasteiger charge is 2.27. The van der Waals surface area contributed by atoms with Crippen molar-refractivity contribution in [1.29, 1.82) is 0 Å². The lowest BCUT2D eigenvalue weighted by Crippen LogP contribution is -2.34. The Bertz CT molecular complexity index is 1230. The van der Waals surface area contributed by atoms with Gasteiger partial charge >= 0.3 is 0 Å². The number of halogens is 4. The molecule has 0 saturated carbocycles. The first kappa shape index (κ1) is 27.6. The first-order valence-corrected chi connectivity index (χ1v) is 13.2. The van der Waals surface area contributed by atoms with Crippen LogP contribution in [0.15, 0.2) is 41.6 Å². The highest BCUT2D eigenvalue weighted by molar-refractivity contribution is 7.99. The van der Waals surface area contributed by atoms with Gasteiger partial charge in [0.25, 0.3) is 5.91 Å². The van der Waals surface area contributed by atoms with E-state index in [1.165, 1.54) is 17.8 Å². The van der Waals surface area contributed by atoms with E-state index in [1.54, 1.807) is 30.3 Å². The van der Waals surface area contributed by atoms with Crippen LogP contribution in [0.25, 0.3) is 0 Å². The van der Waals surface area contributed by atoms with E-state index >= 15 is 0 Å². The second kappa shape index (κ2) is 12.3. The van der Waals surface area contributed by atoms with E-state index in [-0.39, 0.29) is 28.5 Å². The maximum Gasteiger partial charge on any atom is 0.253 e. The van der Waals surface area contributed by atoms with Crippen LogP contribution in [0, 0.1) is 5.92 Å². The number of hydrogen-bond donors (Lipinski definition) is 2. The summed E-state index contributed by atoms with van der Waals surface area (Å²) in [6.45, 7) is 6.45. The lowest BCUT2D eigenvalue weighted by Gasteiger charge is -2.22. The third-order valence-corrected chi connectivity index (χ3v) is 7.26. The van der Waals surface area contributed by atoms with Gasteiger partial charge in [-0.15, -0.1) is 10.2 Å². The Balaban J connectivity index is 1.72. The van der Waals surface area contributed by atoms with Gasteiger partial charge in [0.05, 0.1) is 32.4 Å². The van der Waals surface area contributed by atoms with Crippen LogP contribution < -0.4 is 10.6 Å². The summed E-state index contributed by atoms with van der Waals surface area (Å²) in [6, 6.07) is 9.16. The van der Waals surface area contributed by atoms with E-state index in [2.05, 4.69) is 20.8 Å². The van der Waals surface area contributed by atoms with Crippen molar-refractivity contribution in [2.75, 3.05) is 11.1 Å². The number of aromatic nitrogens is 3. The predicted molar refractivity (Wildman–Crippen MR) is 143 cm³/mol. The molecule has 35 heavy (non-hydrogen) atoms. The summed E-state index contributed by atoms with van der Waals surface area (Å²) in [7, 11) is 0. The second-order valence-electron chi connectivity index (χ2n) is 7.87. The molecule has 0 aliphatic heterocycles. The number of benzene rings is 2. The number of carbonyl (C=O) groups excluding carboxylic acids is 2. The molecule has 1 atom stereocenters. The minimum atomic E-state index is -0.430. The molecule has 0 saturated heterocycles. The van der Waals surface area contributed by atoms with Gasteiger partial charge in [0.1, 0.15) is 0 Å². The van der Waals surface area contributed by atoms with Crippen molar-refractivity contribution in [3.63, 3.8) is 0 Å². The minimum absolute atomic E-state index is 0.00956. The van der Waals surface area contributed by atoms with E-state index in [0.717, 1.165) is 0 Å². The number of hydrogen-bond acceptors (Lipinski definition) is 5. The average molecular weight is 575 g/mol. The summed E-state index contributed by atoms with van der Waals surface area (Å²) in [5.41, 5.74) is 0.865. The maximum absolute atomic E-state index is 12.9. The molecule has 2 amide bonds. The smallest absolute Gasteiger partial charge is 0.253 e. The zero-order valence-corrected chi connectivity index (χ0v) is 23.0. The number of amides is 2. The first-order valence-electron chi connectivity index (χ1n) is 10.7. The number of carbonyl (C=O) groups is 2. The zero-order chi connectivity index (χ0) is 25.7. The van der Waals surface area contributed by atoms with Crippen LogP contribution >= 0.6 is 58.2 Å². The summed E-state index contributed by atoms with van der Waals surface area (Å²) in [5.74, 6) is 0.138. The van der Waals surface area contributed by atoms with E-state index in [0.29, 0.717) is 43.8 Å². The fourth-order valence-corrected chi connectivity index (χ4v) is 4.86. The fourth-order valence-electron chi connectivity index (χ4n) is 3.26.